The molecular formula is C18H29N5. The van der Waals surface area contributed by atoms with E-state index in [1.165, 1.54) is 25.0 Å². The minimum Gasteiger partial charge on any atom is -0.356 e. The highest BCUT2D eigenvalue weighted by atomic mass is 15.2. The van der Waals surface area contributed by atoms with Crippen molar-refractivity contribution in [2.75, 3.05) is 13.6 Å². The Kier molecular flexibility index (Phi) is 6.44. The smallest absolute Gasteiger partial charge is 0.191 e. The van der Waals surface area contributed by atoms with Crippen LogP contribution in [-0.4, -0.2) is 28.9 Å². The van der Waals surface area contributed by atoms with Gasteiger partial charge in [0.15, 0.2) is 5.96 Å². The number of aromatic nitrogens is 2. The highest BCUT2D eigenvalue weighted by Crippen LogP contribution is 2.08. The normalized spacial score (nSPS) is 12.1. The summed E-state index contributed by atoms with van der Waals surface area (Å²) in [6.07, 6.45) is 5.79. The van der Waals surface area contributed by atoms with Gasteiger partial charge in [-0.3, -0.25) is 4.99 Å². The van der Waals surface area contributed by atoms with Gasteiger partial charge in [-0.15, -0.1) is 0 Å². The van der Waals surface area contributed by atoms with Crippen molar-refractivity contribution in [3.05, 3.63) is 35.8 Å². The van der Waals surface area contributed by atoms with Gasteiger partial charge >= 0.3 is 0 Å². The van der Waals surface area contributed by atoms with Gasteiger partial charge in [0.05, 0.1) is 12.2 Å². The van der Waals surface area contributed by atoms with Crippen LogP contribution >= 0.6 is 0 Å². The average Bonchev–Trinajstić information content (AvgIpc) is 2.94. The molecule has 0 bridgehead atoms. The van der Waals surface area contributed by atoms with Crippen molar-refractivity contribution in [2.24, 2.45) is 10.9 Å². The summed E-state index contributed by atoms with van der Waals surface area (Å²) in [5.41, 5.74) is 3.19. The highest BCUT2D eigenvalue weighted by Gasteiger charge is 2.04. The van der Waals surface area contributed by atoms with Crippen LogP contribution in [0.4, 0.5) is 0 Å². The van der Waals surface area contributed by atoms with Crippen LogP contribution in [0.15, 0.2) is 29.4 Å². The first-order valence-corrected chi connectivity index (χ1v) is 8.48. The predicted octanol–water partition coefficient (Wildman–Crippen LogP) is 3.13. The van der Waals surface area contributed by atoms with Gasteiger partial charge in [-0.25, -0.2) is 4.98 Å². The number of unbranched alkanes of at least 4 members (excludes halogenated alkanes) is 1. The van der Waals surface area contributed by atoms with E-state index in [1.807, 2.05) is 12.1 Å². The molecule has 0 saturated carbocycles. The molecule has 2 heterocycles. The Labute approximate surface area is 139 Å². The first-order chi connectivity index (χ1) is 11.1. The Morgan fingerprint density at radius 2 is 2.09 bits per heavy atom. The molecule has 0 atom stereocenters. The number of guanidine groups is 1. The van der Waals surface area contributed by atoms with E-state index in [9.17, 15) is 0 Å². The van der Waals surface area contributed by atoms with Crippen molar-refractivity contribution >= 4 is 11.6 Å². The molecule has 2 aromatic heterocycles. The van der Waals surface area contributed by atoms with Crippen LogP contribution in [0.25, 0.3) is 5.65 Å². The summed E-state index contributed by atoms with van der Waals surface area (Å²) in [4.78, 5) is 8.89. The van der Waals surface area contributed by atoms with Gasteiger partial charge in [0.1, 0.15) is 5.65 Å². The number of aryl methyl sites for hydroxylation is 1. The number of nitrogens with zero attached hydrogens (tertiary/aromatic N) is 3. The van der Waals surface area contributed by atoms with Crippen LogP contribution in [0, 0.1) is 12.8 Å². The molecule has 2 N–H and O–H groups in total. The number of aliphatic imine (C=N–C) groups is 1. The topological polar surface area (TPSA) is 53.7 Å². The molecule has 126 valence electrons. The lowest BCUT2D eigenvalue weighted by molar-refractivity contribution is 0.534. The van der Waals surface area contributed by atoms with Gasteiger partial charge in [-0.2, -0.15) is 0 Å². The lowest BCUT2D eigenvalue weighted by atomic mass is 10.1. The van der Waals surface area contributed by atoms with E-state index in [0.717, 1.165) is 29.8 Å². The highest BCUT2D eigenvalue weighted by molar-refractivity contribution is 5.79. The fourth-order valence-corrected chi connectivity index (χ4v) is 2.56. The van der Waals surface area contributed by atoms with Gasteiger partial charge in [-0.05, 0) is 31.4 Å². The van der Waals surface area contributed by atoms with Gasteiger partial charge in [-0.1, -0.05) is 32.8 Å². The third-order valence-electron chi connectivity index (χ3n) is 3.91. The lowest BCUT2D eigenvalue weighted by Gasteiger charge is -2.11. The Morgan fingerprint density at radius 3 is 2.78 bits per heavy atom. The molecule has 0 saturated heterocycles. The third-order valence-corrected chi connectivity index (χ3v) is 3.91. The predicted molar refractivity (Wildman–Crippen MR) is 96.8 cm³/mol. The van der Waals surface area contributed by atoms with Crippen LogP contribution in [0.3, 0.4) is 0 Å². The summed E-state index contributed by atoms with van der Waals surface area (Å²) in [7, 11) is 1.80. The molecule has 0 aliphatic carbocycles. The molecule has 0 radical (unpaired) electrons. The lowest BCUT2D eigenvalue weighted by Crippen LogP contribution is -2.37. The fourth-order valence-electron chi connectivity index (χ4n) is 2.56. The molecule has 2 rings (SSSR count). The molecule has 0 unspecified atom stereocenters. The number of imidazole rings is 1. The van der Waals surface area contributed by atoms with E-state index < -0.39 is 0 Å². The van der Waals surface area contributed by atoms with Crippen molar-refractivity contribution < 1.29 is 0 Å². The summed E-state index contributed by atoms with van der Waals surface area (Å²) in [6.45, 7) is 8.25. The number of hydrogen-bond acceptors (Lipinski definition) is 2. The zero-order valence-corrected chi connectivity index (χ0v) is 14.8. The second kappa shape index (κ2) is 8.56. The Balaban J connectivity index is 1.79. The molecule has 0 aliphatic heterocycles. The summed E-state index contributed by atoms with van der Waals surface area (Å²) in [6, 6.07) is 6.15. The molecule has 0 aromatic carbocycles. The second-order valence-corrected chi connectivity index (χ2v) is 6.37. The Bertz CT molecular complexity index is 642. The van der Waals surface area contributed by atoms with Crippen LogP contribution in [-0.2, 0) is 6.54 Å². The average molecular weight is 315 g/mol. The van der Waals surface area contributed by atoms with Crippen LogP contribution < -0.4 is 10.6 Å². The maximum absolute atomic E-state index is 4.63. The zero-order valence-electron chi connectivity index (χ0n) is 14.8. The van der Waals surface area contributed by atoms with E-state index in [1.54, 1.807) is 7.05 Å². The number of nitrogens with one attached hydrogen (secondary N) is 2. The number of hydrogen-bond donors (Lipinski definition) is 2. The molecule has 5 nitrogen and oxygen atoms in total. The third kappa shape index (κ3) is 5.27. The van der Waals surface area contributed by atoms with E-state index in [2.05, 4.69) is 58.0 Å². The molecule has 2 aromatic rings. The van der Waals surface area contributed by atoms with E-state index in [4.69, 9.17) is 0 Å². The van der Waals surface area contributed by atoms with Gasteiger partial charge in [0.25, 0.3) is 0 Å². The summed E-state index contributed by atoms with van der Waals surface area (Å²) in [5.74, 6) is 1.62. The molecule has 0 spiro atoms. The first kappa shape index (κ1) is 17.3. The minimum absolute atomic E-state index is 0.673. The van der Waals surface area contributed by atoms with E-state index in [0.29, 0.717) is 6.54 Å². The van der Waals surface area contributed by atoms with E-state index >= 15 is 0 Å². The molecule has 0 fully saturated rings. The van der Waals surface area contributed by atoms with Crippen molar-refractivity contribution in [3.8, 4) is 0 Å². The maximum atomic E-state index is 4.63. The summed E-state index contributed by atoms with van der Waals surface area (Å²) in [5, 5.41) is 6.69. The SMILES string of the molecule is CN=C(NCCCCC(C)C)NCc1cn2c(C)cccc2n1. The fraction of sp³-hybridized carbons (Fsp3) is 0.556. The summed E-state index contributed by atoms with van der Waals surface area (Å²) < 4.78 is 2.11. The molecule has 0 amide bonds. The largest absolute Gasteiger partial charge is 0.356 e. The molecule has 23 heavy (non-hydrogen) atoms. The van der Waals surface area contributed by atoms with Crippen molar-refractivity contribution in [1.29, 1.82) is 0 Å². The monoisotopic (exact) mass is 315 g/mol. The Morgan fingerprint density at radius 1 is 1.26 bits per heavy atom. The first-order valence-electron chi connectivity index (χ1n) is 8.48. The van der Waals surface area contributed by atoms with Gasteiger partial charge in [0.2, 0.25) is 0 Å². The summed E-state index contributed by atoms with van der Waals surface area (Å²) >= 11 is 0. The van der Waals surface area contributed by atoms with Crippen LogP contribution in [0.2, 0.25) is 0 Å². The van der Waals surface area contributed by atoms with Crippen molar-refractivity contribution in [3.63, 3.8) is 0 Å². The Hall–Kier alpha value is -2.04. The molecule has 0 aliphatic rings. The zero-order chi connectivity index (χ0) is 16.7. The standard InChI is InChI=1S/C18H29N5/c1-14(2)8-5-6-11-20-18(19-4)21-12-16-13-23-15(3)9-7-10-17(23)22-16/h7,9-10,13-14H,5-6,8,11-12H2,1-4H3,(H2,19,20,21). The van der Waals surface area contributed by atoms with Crippen molar-refractivity contribution in [2.45, 2.75) is 46.6 Å². The number of rotatable bonds is 7. The second-order valence-electron chi connectivity index (χ2n) is 6.37. The molecular weight excluding hydrogens is 286 g/mol. The van der Waals surface area contributed by atoms with Crippen LogP contribution in [0.5, 0.6) is 0 Å². The minimum atomic E-state index is 0.673. The number of pyridine rings is 1. The number of fused-ring (bicyclic) bond motifs is 1. The van der Waals surface area contributed by atoms with Gasteiger partial charge < -0.3 is 15.0 Å². The van der Waals surface area contributed by atoms with E-state index in [-0.39, 0.29) is 0 Å². The van der Waals surface area contributed by atoms with Crippen LogP contribution in [0.1, 0.15) is 44.5 Å². The van der Waals surface area contributed by atoms with Crippen molar-refractivity contribution in [1.82, 2.24) is 20.0 Å². The maximum Gasteiger partial charge on any atom is 0.191 e. The quantitative estimate of drug-likeness (QED) is 0.469. The molecule has 5 heteroatoms. The van der Waals surface area contributed by atoms with Gasteiger partial charge in [0, 0.05) is 25.5 Å².